The van der Waals surface area contributed by atoms with E-state index >= 15 is 0 Å². The third kappa shape index (κ3) is 3.64. The normalized spacial score (nSPS) is 10.5. The molecule has 0 unspecified atom stereocenters. The molecule has 0 bridgehead atoms. The van der Waals surface area contributed by atoms with Crippen LogP contribution in [-0.2, 0) is 13.2 Å². The van der Waals surface area contributed by atoms with Crippen LogP contribution >= 0.6 is 0 Å². The van der Waals surface area contributed by atoms with Gasteiger partial charge in [0.1, 0.15) is 11.6 Å². The van der Waals surface area contributed by atoms with Gasteiger partial charge in [0.25, 0.3) is 5.91 Å². The summed E-state index contributed by atoms with van der Waals surface area (Å²) in [6.07, 6.45) is 0. The summed E-state index contributed by atoms with van der Waals surface area (Å²) in [4.78, 5) is 11.9. The first kappa shape index (κ1) is 15.1. The van der Waals surface area contributed by atoms with E-state index < -0.39 is 24.1 Å². The molecule has 2 rings (SSSR count). The van der Waals surface area contributed by atoms with Crippen LogP contribution in [0.5, 0.6) is 0 Å². The van der Waals surface area contributed by atoms with Gasteiger partial charge in [-0.05, 0) is 36.8 Å². The number of benzene rings is 2. The first-order valence-corrected chi connectivity index (χ1v) is 6.44. The van der Waals surface area contributed by atoms with Crippen LogP contribution in [0.15, 0.2) is 36.4 Å². The molecule has 0 radical (unpaired) electrons. The lowest BCUT2D eigenvalue weighted by molar-refractivity contribution is 0.0947. The quantitative estimate of drug-likeness (QED) is 0.910. The van der Waals surface area contributed by atoms with Crippen LogP contribution in [-0.4, -0.2) is 11.0 Å². The summed E-state index contributed by atoms with van der Waals surface area (Å²) in [5, 5.41) is 11.6. The third-order valence-electron chi connectivity index (χ3n) is 3.10. The number of nitrogens with one attached hydrogen (secondary N) is 1. The second-order valence-corrected chi connectivity index (χ2v) is 4.75. The van der Waals surface area contributed by atoms with Gasteiger partial charge < -0.3 is 10.4 Å². The molecule has 2 aromatic rings. The average molecular weight is 291 g/mol. The monoisotopic (exact) mass is 291 g/mol. The highest BCUT2D eigenvalue weighted by Crippen LogP contribution is 2.12. The minimum Gasteiger partial charge on any atom is -0.392 e. The Morgan fingerprint density at radius 3 is 2.57 bits per heavy atom. The summed E-state index contributed by atoms with van der Waals surface area (Å²) in [7, 11) is 0. The number of amides is 1. The molecule has 0 saturated carbocycles. The molecule has 0 atom stereocenters. The lowest BCUT2D eigenvalue weighted by atomic mass is 10.1. The van der Waals surface area contributed by atoms with Gasteiger partial charge in [-0.25, -0.2) is 8.78 Å². The fourth-order valence-corrected chi connectivity index (χ4v) is 1.95. The summed E-state index contributed by atoms with van der Waals surface area (Å²) in [5.74, 6) is -1.63. The van der Waals surface area contributed by atoms with Crippen molar-refractivity contribution in [3.8, 4) is 0 Å². The molecular formula is C16H15F2NO2. The van der Waals surface area contributed by atoms with Gasteiger partial charge in [0.15, 0.2) is 0 Å². The Kier molecular flexibility index (Phi) is 4.65. The Hall–Kier alpha value is -2.27. The number of aliphatic hydroxyl groups excluding tert-OH is 1. The van der Waals surface area contributed by atoms with Crippen LogP contribution in [0.25, 0.3) is 0 Å². The number of halogens is 2. The van der Waals surface area contributed by atoms with Gasteiger partial charge >= 0.3 is 0 Å². The molecule has 3 nitrogen and oxygen atoms in total. The predicted molar refractivity (Wildman–Crippen MR) is 74.6 cm³/mol. The molecule has 0 aliphatic carbocycles. The van der Waals surface area contributed by atoms with Crippen molar-refractivity contribution >= 4 is 5.91 Å². The zero-order valence-corrected chi connectivity index (χ0v) is 11.5. The number of hydrogen-bond donors (Lipinski definition) is 2. The summed E-state index contributed by atoms with van der Waals surface area (Å²) < 4.78 is 26.8. The van der Waals surface area contributed by atoms with Crippen LogP contribution in [0.2, 0.25) is 0 Å². The smallest absolute Gasteiger partial charge is 0.254 e. The van der Waals surface area contributed by atoms with E-state index in [0.717, 1.165) is 5.56 Å². The number of hydrogen-bond acceptors (Lipinski definition) is 2. The van der Waals surface area contributed by atoms with E-state index in [0.29, 0.717) is 5.56 Å². The van der Waals surface area contributed by atoms with Gasteiger partial charge in [-0.3, -0.25) is 4.79 Å². The van der Waals surface area contributed by atoms with Crippen molar-refractivity contribution < 1.29 is 18.7 Å². The standard InChI is InChI=1S/C16H15F2NO2/c1-10-2-4-15(18)13(6-10)16(21)19-8-11-3-5-14(17)12(7-11)9-20/h2-7,20H,8-9H2,1H3,(H,19,21). The van der Waals surface area contributed by atoms with E-state index in [-0.39, 0.29) is 17.7 Å². The molecule has 0 aliphatic heterocycles. The number of rotatable bonds is 4. The van der Waals surface area contributed by atoms with Gasteiger partial charge in [-0.2, -0.15) is 0 Å². The van der Waals surface area contributed by atoms with Gasteiger partial charge in [0, 0.05) is 12.1 Å². The molecule has 0 fully saturated rings. The van der Waals surface area contributed by atoms with E-state index in [1.807, 2.05) is 0 Å². The summed E-state index contributed by atoms with van der Waals surface area (Å²) in [5.41, 5.74) is 1.54. The van der Waals surface area contributed by atoms with Crippen LogP contribution in [0.3, 0.4) is 0 Å². The molecule has 21 heavy (non-hydrogen) atoms. The van der Waals surface area contributed by atoms with Crippen LogP contribution in [0.4, 0.5) is 8.78 Å². The molecule has 5 heteroatoms. The number of carbonyl (C=O) groups is 1. The van der Waals surface area contributed by atoms with Crippen molar-refractivity contribution in [2.75, 3.05) is 0 Å². The minimum absolute atomic E-state index is 0.0282. The van der Waals surface area contributed by atoms with E-state index in [4.69, 9.17) is 5.11 Å². The molecule has 0 aromatic heterocycles. The molecule has 1 amide bonds. The molecule has 0 aliphatic rings. The lowest BCUT2D eigenvalue weighted by Gasteiger charge is -2.08. The minimum atomic E-state index is -0.590. The number of aryl methyl sites for hydroxylation is 1. The van der Waals surface area contributed by atoms with Crippen molar-refractivity contribution in [3.63, 3.8) is 0 Å². The maximum absolute atomic E-state index is 13.6. The van der Waals surface area contributed by atoms with Crippen LogP contribution in [0, 0.1) is 18.6 Å². The maximum atomic E-state index is 13.6. The summed E-state index contributed by atoms with van der Waals surface area (Å²) >= 11 is 0. The van der Waals surface area contributed by atoms with E-state index in [9.17, 15) is 13.6 Å². The predicted octanol–water partition coefficient (Wildman–Crippen LogP) is 2.70. The Morgan fingerprint density at radius 2 is 1.86 bits per heavy atom. The van der Waals surface area contributed by atoms with E-state index in [1.165, 1.54) is 30.3 Å². The van der Waals surface area contributed by atoms with Crippen molar-refractivity contribution in [1.29, 1.82) is 0 Å². The van der Waals surface area contributed by atoms with Crippen LogP contribution < -0.4 is 5.32 Å². The highest BCUT2D eigenvalue weighted by Gasteiger charge is 2.11. The molecule has 0 spiro atoms. The van der Waals surface area contributed by atoms with Crippen molar-refractivity contribution in [2.45, 2.75) is 20.1 Å². The molecule has 0 saturated heterocycles. The first-order chi connectivity index (χ1) is 10.0. The molecule has 2 N–H and O–H groups in total. The fraction of sp³-hybridized carbons (Fsp3) is 0.188. The van der Waals surface area contributed by atoms with Crippen LogP contribution in [0.1, 0.15) is 27.0 Å². The molecule has 110 valence electrons. The molecular weight excluding hydrogens is 276 g/mol. The Labute approximate surface area is 121 Å². The summed E-state index contributed by atoms with van der Waals surface area (Å²) in [6.45, 7) is 1.48. The highest BCUT2D eigenvalue weighted by molar-refractivity contribution is 5.94. The lowest BCUT2D eigenvalue weighted by Crippen LogP contribution is -2.24. The first-order valence-electron chi connectivity index (χ1n) is 6.44. The number of aliphatic hydroxyl groups is 1. The van der Waals surface area contributed by atoms with Gasteiger partial charge in [0.05, 0.1) is 12.2 Å². The van der Waals surface area contributed by atoms with Crippen molar-refractivity contribution in [3.05, 3.63) is 70.3 Å². The van der Waals surface area contributed by atoms with Crippen molar-refractivity contribution in [2.24, 2.45) is 0 Å². The Bertz CT molecular complexity index is 671. The summed E-state index contributed by atoms with van der Waals surface area (Å²) in [6, 6.07) is 8.48. The van der Waals surface area contributed by atoms with Gasteiger partial charge in [0.2, 0.25) is 0 Å². The van der Waals surface area contributed by atoms with E-state index in [2.05, 4.69) is 5.32 Å². The second-order valence-electron chi connectivity index (χ2n) is 4.75. The van der Waals surface area contributed by atoms with E-state index in [1.54, 1.807) is 13.0 Å². The topological polar surface area (TPSA) is 49.3 Å². The SMILES string of the molecule is Cc1ccc(F)c(C(=O)NCc2ccc(F)c(CO)c2)c1. The molecule has 0 heterocycles. The zero-order valence-electron chi connectivity index (χ0n) is 11.5. The second kappa shape index (κ2) is 6.45. The van der Waals surface area contributed by atoms with Crippen molar-refractivity contribution in [1.82, 2.24) is 5.32 Å². The number of carbonyl (C=O) groups excluding carboxylic acids is 1. The molecule has 2 aromatic carbocycles. The Balaban J connectivity index is 2.09. The highest BCUT2D eigenvalue weighted by atomic mass is 19.1. The average Bonchev–Trinajstić information content (AvgIpc) is 2.48. The van der Waals surface area contributed by atoms with Gasteiger partial charge in [-0.15, -0.1) is 0 Å². The fourth-order valence-electron chi connectivity index (χ4n) is 1.95. The largest absolute Gasteiger partial charge is 0.392 e. The maximum Gasteiger partial charge on any atom is 0.254 e. The van der Waals surface area contributed by atoms with Gasteiger partial charge in [-0.1, -0.05) is 17.7 Å². The zero-order chi connectivity index (χ0) is 15.4. The third-order valence-corrected chi connectivity index (χ3v) is 3.10. The Morgan fingerprint density at radius 1 is 1.14 bits per heavy atom.